The third-order valence-corrected chi connectivity index (χ3v) is 10.3. The summed E-state index contributed by atoms with van der Waals surface area (Å²) in [5.41, 5.74) is 6.96. The predicted octanol–water partition coefficient (Wildman–Crippen LogP) is 11.2. The van der Waals surface area contributed by atoms with Gasteiger partial charge in [-0.05, 0) is 64.7 Å². The van der Waals surface area contributed by atoms with Crippen LogP contribution in [0.4, 0.5) is 0 Å². The second-order valence-electron chi connectivity index (χ2n) is 10.3. The summed E-state index contributed by atoms with van der Waals surface area (Å²) in [6.45, 7) is 0. The SMILES string of the molecule is N#Cc1cccc(-c2cc(-c3cccc4c3sc3ccccc34)cc(-c3ccc4c(c3)sc3ccccc34)c2C#N)c1. The van der Waals surface area contributed by atoms with Crippen LogP contribution in [-0.4, -0.2) is 0 Å². The van der Waals surface area contributed by atoms with Gasteiger partial charge in [0, 0.05) is 51.5 Å². The molecule has 0 aliphatic heterocycles. The van der Waals surface area contributed by atoms with Gasteiger partial charge in [0.05, 0.1) is 17.2 Å². The second kappa shape index (κ2) is 9.68. The highest BCUT2D eigenvalue weighted by atomic mass is 32.1. The Morgan fingerprint density at radius 1 is 0.429 bits per heavy atom. The second-order valence-corrected chi connectivity index (χ2v) is 12.5. The molecule has 0 fully saturated rings. The Morgan fingerprint density at radius 2 is 1.07 bits per heavy atom. The summed E-state index contributed by atoms with van der Waals surface area (Å²) in [4.78, 5) is 0. The van der Waals surface area contributed by atoms with E-state index in [1.807, 2.05) is 18.2 Å². The summed E-state index contributed by atoms with van der Waals surface area (Å²) in [6, 6.07) is 46.7. The number of hydrogen-bond acceptors (Lipinski definition) is 4. The Kier molecular flexibility index (Phi) is 5.66. The lowest BCUT2D eigenvalue weighted by atomic mass is 9.87. The Morgan fingerprint density at radius 3 is 1.83 bits per heavy atom. The van der Waals surface area contributed by atoms with Crippen molar-refractivity contribution >= 4 is 63.0 Å². The number of nitriles is 2. The van der Waals surface area contributed by atoms with Crippen molar-refractivity contribution < 1.29 is 0 Å². The third-order valence-electron chi connectivity index (χ3n) is 7.96. The van der Waals surface area contributed by atoms with Crippen LogP contribution in [0.25, 0.3) is 73.7 Å². The van der Waals surface area contributed by atoms with E-state index in [1.54, 1.807) is 28.7 Å². The van der Waals surface area contributed by atoms with Crippen molar-refractivity contribution in [1.29, 1.82) is 10.5 Å². The van der Waals surface area contributed by atoms with Crippen molar-refractivity contribution in [1.82, 2.24) is 0 Å². The first-order valence-corrected chi connectivity index (χ1v) is 15.3. The zero-order valence-corrected chi connectivity index (χ0v) is 23.9. The maximum Gasteiger partial charge on any atom is 0.100 e. The Bertz CT molecular complexity index is 2450. The normalized spacial score (nSPS) is 11.3. The summed E-state index contributed by atoms with van der Waals surface area (Å²) in [7, 11) is 0. The minimum absolute atomic E-state index is 0.571. The molecule has 2 heterocycles. The van der Waals surface area contributed by atoms with E-state index in [0.29, 0.717) is 11.1 Å². The van der Waals surface area contributed by atoms with E-state index < -0.39 is 0 Å². The topological polar surface area (TPSA) is 47.6 Å². The van der Waals surface area contributed by atoms with Crippen LogP contribution in [0.1, 0.15) is 11.1 Å². The van der Waals surface area contributed by atoms with Gasteiger partial charge in [0.1, 0.15) is 6.07 Å². The van der Waals surface area contributed by atoms with Gasteiger partial charge in [-0.15, -0.1) is 22.7 Å². The van der Waals surface area contributed by atoms with Crippen LogP contribution in [0.2, 0.25) is 0 Å². The largest absolute Gasteiger partial charge is 0.192 e. The van der Waals surface area contributed by atoms with Gasteiger partial charge in [-0.3, -0.25) is 0 Å². The third kappa shape index (κ3) is 3.82. The van der Waals surface area contributed by atoms with Gasteiger partial charge < -0.3 is 0 Å². The van der Waals surface area contributed by atoms with E-state index in [1.165, 1.54) is 40.3 Å². The first-order valence-electron chi connectivity index (χ1n) is 13.6. The van der Waals surface area contributed by atoms with Crippen molar-refractivity contribution in [3.05, 3.63) is 132 Å². The average Bonchev–Trinajstić information content (AvgIpc) is 3.62. The van der Waals surface area contributed by atoms with Crippen LogP contribution in [0.5, 0.6) is 0 Å². The Labute approximate surface area is 250 Å². The standard InChI is InChI=1S/C38H20N2S2/c39-21-23-7-5-8-24(17-23)32-18-26(27-11-6-12-31-29-10-2-4-14-36(29)42-38(27)31)19-33(34(32)22-40)25-15-16-30-28-9-1-3-13-35(28)41-37(30)20-25/h1-20H. The number of fused-ring (bicyclic) bond motifs is 6. The van der Waals surface area contributed by atoms with Crippen LogP contribution in [0.3, 0.4) is 0 Å². The Balaban J connectivity index is 1.44. The average molecular weight is 569 g/mol. The van der Waals surface area contributed by atoms with Crippen LogP contribution in [0.15, 0.2) is 121 Å². The number of hydrogen-bond donors (Lipinski definition) is 0. The monoisotopic (exact) mass is 568 g/mol. The van der Waals surface area contributed by atoms with Crippen molar-refractivity contribution in [2.24, 2.45) is 0 Å². The van der Waals surface area contributed by atoms with E-state index in [4.69, 9.17) is 0 Å². The lowest BCUT2D eigenvalue weighted by Crippen LogP contribution is -1.93. The smallest absolute Gasteiger partial charge is 0.100 e. The molecule has 0 spiro atoms. The molecular weight excluding hydrogens is 549 g/mol. The lowest BCUT2D eigenvalue weighted by Gasteiger charge is -2.15. The van der Waals surface area contributed by atoms with Crippen LogP contribution >= 0.6 is 22.7 Å². The highest BCUT2D eigenvalue weighted by molar-refractivity contribution is 7.26. The van der Waals surface area contributed by atoms with Crippen LogP contribution in [-0.2, 0) is 0 Å². The fraction of sp³-hybridized carbons (Fsp3) is 0. The number of nitrogens with zero attached hydrogens (tertiary/aromatic N) is 2. The molecule has 0 saturated carbocycles. The molecule has 0 radical (unpaired) electrons. The van der Waals surface area contributed by atoms with Gasteiger partial charge in [-0.2, -0.15) is 10.5 Å². The molecule has 0 atom stereocenters. The number of thiophene rings is 2. The van der Waals surface area contributed by atoms with Crippen molar-refractivity contribution in [3.8, 4) is 45.5 Å². The highest BCUT2D eigenvalue weighted by Gasteiger charge is 2.19. The van der Waals surface area contributed by atoms with Crippen LogP contribution in [0, 0.1) is 22.7 Å². The maximum absolute atomic E-state index is 10.6. The van der Waals surface area contributed by atoms with E-state index in [0.717, 1.165) is 33.4 Å². The molecule has 0 aliphatic carbocycles. The molecular formula is C38H20N2S2. The number of rotatable bonds is 3. The molecule has 0 unspecified atom stereocenters. The molecule has 42 heavy (non-hydrogen) atoms. The molecule has 0 aliphatic rings. The molecule has 194 valence electrons. The fourth-order valence-electron chi connectivity index (χ4n) is 6.00. The van der Waals surface area contributed by atoms with Crippen molar-refractivity contribution in [3.63, 3.8) is 0 Å². The molecule has 8 rings (SSSR count). The summed E-state index contributed by atoms with van der Waals surface area (Å²) in [6.07, 6.45) is 0. The fourth-order valence-corrected chi connectivity index (χ4v) is 8.38. The minimum Gasteiger partial charge on any atom is -0.192 e. The zero-order valence-electron chi connectivity index (χ0n) is 22.3. The minimum atomic E-state index is 0.571. The molecule has 6 aromatic carbocycles. The lowest BCUT2D eigenvalue weighted by molar-refractivity contribution is 1.46. The summed E-state index contributed by atoms with van der Waals surface area (Å²) < 4.78 is 4.93. The molecule has 0 saturated heterocycles. The van der Waals surface area contributed by atoms with Gasteiger partial charge >= 0.3 is 0 Å². The molecule has 2 nitrogen and oxygen atoms in total. The summed E-state index contributed by atoms with van der Waals surface area (Å²) >= 11 is 3.58. The van der Waals surface area contributed by atoms with Crippen LogP contribution < -0.4 is 0 Å². The molecule has 0 bridgehead atoms. The summed E-state index contributed by atoms with van der Waals surface area (Å²) in [5, 5.41) is 25.2. The van der Waals surface area contributed by atoms with Gasteiger partial charge in [0.15, 0.2) is 0 Å². The highest BCUT2D eigenvalue weighted by Crippen LogP contribution is 2.44. The van der Waals surface area contributed by atoms with Gasteiger partial charge in [0.2, 0.25) is 0 Å². The summed E-state index contributed by atoms with van der Waals surface area (Å²) in [5.74, 6) is 0. The van der Waals surface area contributed by atoms with Gasteiger partial charge in [-0.25, -0.2) is 0 Å². The van der Waals surface area contributed by atoms with Gasteiger partial charge in [-0.1, -0.05) is 78.9 Å². The zero-order chi connectivity index (χ0) is 28.2. The number of benzene rings is 6. The van der Waals surface area contributed by atoms with E-state index >= 15 is 0 Å². The first kappa shape index (κ1) is 24.5. The first-order chi connectivity index (χ1) is 20.7. The molecule has 0 amide bonds. The molecule has 4 heteroatoms. The molecule has 8 aromatic rings. The van der Waals surface area contributed by atoms with E-state index in [-0.39, 0.29) is 0 Å². The van der Waals surface area contributed by atoms with Crippen molar-refractivity contribution in [2.75, 3.05) is 0 Å². The van der Waals surface area contributed by atoms with Gasteiger partial charge in [0.25, 0.3) is 0 Å². The van der Waals surface area contributed by atoms with Crippen molar-refractivity contribution in [2.45, 2.75) is 0 Å². The maximum atomic E-state index is 10.6. The molecule has 0 N–H and O–H groups in total. The molecule has 2 aromatic heterocycles. The predicted molar refractivity (Wildman–Crippen MR) is 178 cm³/mol. The van der Waals surface area contributed by atoms with E-state index in [2.05, 4.69) is 109 Å². The van der Waals surface area contributed by atoms with E-state index in [9.17, 15) is 10.5 Å². The Hall–Kier alpha value is -5.26. The quantitative estimate of drug-likeness (QED) is 0.213.